The summed E-state index contributed by atoms with van der Waals surface area (Å²) in [5.41, 5.74) is 0.0764. The quantitative estimate of drug-likeness (QED) is 0.621. The molecule has 0 N–H and O–H groups in total. The first kappa shape index (κ1) is 7.97. The average molecular weight is 161 g/mol. The minimum atomic E-state index is -4.18. The second-order valence-electron chi connectivity index (χ2n) is 1.98. The molecule has 0 bridgehead atoms. The molecule has 0 amide bonds. The number of rotatable bonds is 1. The summed E-state index contributed by atoms with van der Waals surface area (Å²) in [5, 5.41) is 6.50. The molecule has 2 nitrogen and oxygen atoms in total. The molecule has 0 saturated carbocycles. The van der Waals surface area contributed by atoms with Crippen LogP contribution in [0, 0.1) is 6.20 Å². The van der Waals surface area contributed by atoms with Gasteiger partial charge >= 0.3 is 6.18 Å². The zero-order valence-corrected chi connectivity index (χ0v) is 5.39. The highest BCUT2D eigenvalue weighted by Gasteiger charge is 2.27. The summed E-state index contributed by atoms with van der Waals surface area (Å²) >= 11 is 0. The molecule has 5 heteroatoms. The van der Waals surface area contributed by atoms with E-state index in [9.17, 15) is 13.2 Å². The van der Waals surface area contributed by atoms with Crippen LogP contribution in [-0.2, 0) is 6.42 Å². The van der Waals surface area contributed by atoms with Crippen LogP contribution in [0.5, 0.6) is 0 Å². The van der Waals surface area contributed by atoms with Crippen molar-refractivity contribution in [2.24, 2.45) is 0 Å². The smallest absolute Gasteiger partial charge is 0.171 e. The van der Waals surface area contributed by atoms with E-state index in [0.29, 0.717) is 0 Å². The number of halogens is 3. The molecule has 0 aliphatic carbocycles. The fraction of sp³-hybridized carbons (Fsp3) is 0.333. The van der Waals surface area contributed by atoms with Crippen molar-refractivity contribution in [3.05, 3.63) is 24.0 Å². The molecule has 0 aliphatic rings. The summed E-state index contributed by atoms with van der Waals surface area (Å²) in [6.45, 7) is 0. The van der Waals surface area contributed by atoms with Crippen molar-refractivity contribution in [1.82, 2.24) is 10.2 Å². The van der Waals surface area contributed by atoms with E-state index in [2.05, 4.69) is 16.4 Å². The maximum Gasteiger partial charge on any atom is 0.393 e. The Morgan fingerprint density at radius 1 is 1.45 bits per heavy atom. The Labute approximate surface area is 61.1 Å². The van der Waals surface area contributed by atoms with E-state index in [-0.39, 0.29) is 5.56 Å². The van der Waals surface area contributed by atoms with E-state index in [4.69, 9.17) is 0 Å². The minimum Gasteiger partial charge on any atom is -0.171 e. The van der Waals surface area contributed by atoms with Crippen LogP contribution in [0.25, 0.3) is 0 Å². The van der Waals surface area contributed by atoms with Gasteiger partial charge < -0.3 is 0 Å². The predicted octanol–water partition coefficient (Wildman–Crippen LogP) is 1.38. The maximum absolute atomic E-state index is 11.7. The van der Waals surface area contributed by atoms with Gasteiger partial charge in [0.2, 0.25) is 0 Å². The minimum absolute atomic E-state index is 0.0764. The Kier molecular flexibility index (Phi) is 2.07. The molecule has 1 heterocycles. The maximum atomic E-state index is 11.7. The van der Waals surface area contributed by atoms with Gasteiger partial charge in [0.1, 0.15) is 6.20 Å². The third kappa shape index (κ3) is 2.97. The van der Waals surface area contributed by atoms with E-state index in [0.717, 1.165) is 6.20 Å². The van der Waals surface area contributed by atoms with E-state index in [1.54, 1.807) is 0 Å². The fourth-order valence-corrected chi connectivity index (χ4v) is 0.614. The average Bonchev–Trinajstić information content (AvgIpc) is 1.85. The second-order valence-corrected chi connectivity index (χ2v) is 1.98. The van der Waals surface area contributed by atoms with Crippen molar-refractivity contribution in [2.75, 3.05) is 0 Å². The molecule has 1 aromatic heterocycles. The molecular formula is C6H4F3N2. The van der Waals surface area contributed by atoms with Crippen molar-refractivity contribution in [3.63, 3.8) is 0 Å². The van der Waals surface area contributed by atoms with Gasteiger partial charge in [0, 0.05) is 0 Å². The molecule has 0 fully saturated rings. The van der Waals surface area contributed by atoms with Gasteiger partial charge in [-0.2, -0.15) is 18.3 Å². The van der Waals surface area contributed by atoms with E-state index in [1.165, 1.54) is 6.07 Å². The number of nitrogens with zero attached hydrogens (tertiary/aromatic N) is 2. The SMILES string of the molecule is FC(F)(F)Cc1c[c]nnc1. The van der Waals surface area contributed by atoms with Crippen LogP contribution in [0.4, 0.5) is 13.2 Å². The van der Waals surface area contributed by atoms with Crippen LogP contribution in [0.1, 0.15) is 5.56 Å². The number of aromatic nitrogens is 2. The number of alkyl halides is 3. The monoisotopic (exact) mass is 161 g/mol. The Morgan fingerprint density at radius 2 is 2.18 bits per heavy atom. The zero-order chi connectivity index (χ0) is 8.32. The molecule has 0 saturated heterocycles. The van der Waals surface area contributed by atoms with Crippen molar-refractivity contribution >= 4 is 0 Å². The standard InChI is InChI=1S/C6H4F3N2/c7-6(8,9)3-5-1-2-10-11-4-5/h1,4H,3H2. The largest absolute Gasteiger partial charge is 0.393 e. The molecule has 0 aromatic carbocycles. The highest BCUT2D eigenvalue weighted by molar-refractivity contribution is 5.05. The Balaban J connectivity index is 2.66. The topological polar surface area (TPSA) is 25.8 Å². The van der Waals surface area contributed by atoms with Gasteiger partial charge in [-0.05, 0) is 11.6 Å². The van der Waals surface area contributed by atoms with E-state index >= 15 is 0 Å². The summed E-state index contributed by atoms with van der Waals surface area (Å²) in [5.74, 6) is 0. The summed E-state index contributed by atoms with van der Waals surface area (Å²) < 4.78 is 35.0. The Hall–Kier alpha value is -1.13. The fourth-order valence-electron chi connectivity index (χ4n) is 0.614. The molecule has 1 radical (unpaired) electrons. The molecule has 1 rings (SSSR count). The molecule has 0 unspecified atom stereocenters. The normalized spacial score (nSPS) is 11.5. The first-order valence-corrected chi connectivity index (χ1v) is 2.82. The molecule has 0 spiro atoms. The Morgan fingerprint density at radius 3 is 2.64 bits per heavy atom. The molecular weight excluding hydrogens is 157 g/mol. The van der Waals surface area contributed by atoms with Crippen molar-refractivity contribution in [1.29, 1.82) is 0 Å². The van der Waals surface area contributed by atoms with Crippen LogP contribution in [0.2, 0.25) is 0 Å². The first-order chi connectivity index (χ1) is 5.08. The summed E-state index contributed by atoms with van der Waals surface area (Å²) in [6.07, 6.45) is -1.86. The lowest BCUT2D eigenvalue weighted by Crippen LogP contribution is -2.11. The number of hydrogen-bond donors (Lipinski definition) is 0. The van der Waals surface area contributed by atoms with Crippen molar-refractivity contribution in [3.8, 4) is 0 Å². The van der Waals surface area contributed by atoms with Crippen molar-refractivity contribution in [2.45, 2.75) is 12.6 Å². The highest BCUT2D eigenvalue weighted by Crippen LogP contribution is 2.19. The van der Waals surface area contributed by atoms with E-state index in [1.807, 2.05) is 0 Å². The van der Waals surface area contributed by atoms with Gasteiger partial charge in [-0.15, -0.1) is 5.10 Å². The van der Waals surface area contributed by atoms with E-state index < -0.39 is 12.6 Å². The van der Waals surface area contributed by atoms with Gasteiger partial charge in [-0.1, -0.05) is 0 Å². The third-order valence-corrected chi connectivity index (χ3v) is 0.994. The highest BCUT2D eigenvalue weighted by atomic mass is 19.4. The third-order valence-electron chi connectivity index (χ3n) is 0.994. The number of hydrogen-bond acceptors (Lipinski definition) is 2. The van der Waals surface area contributed by atoms with Crippen LogP contribution in [0.15, 0.2) is 12.3 Å². The summed E-state index contributed by atoms with van der Waals surface area (Å²) in [6, 6.07) is 1.17. The molecule has 1 aromatic rings. The molecule has 59 valence electrons. The van der Waals surface area contributed by atoms with Gasteiger partial charge in [-0.25, -0.2) is 0 Å². The van der Waals surface area contributed by atoms with Gasteiger partial charge in [0.05, 0.1) is 12.6 Å². The van der Waals surface area contributed by atoms with Gasteiger partial charge in [0.25, 0.3) is 0 Å². The summed E-state index contributed by atoms with van der Waals surface area (Å²) in [7, 11) is 0. The lowest BCUT2D eigenvalue weighted by Gasteiger charge is -2.03. The zero-order valence-electron chi connectivity index (χ0n) is 5.39. The van der Waals surface area contributed by atoms with Crippen LogP contribution in [-0.4, -0.2) is 16.4 Å². The van der Waals surface area contributed by atoms with Gasteiger partial charge in [0.15, 0.2) is 0 Å². The lowest BCUT2D eigenvalue weighted by molar-refractivity contribution is -0.127. The summed E-state index contributed by atoms with van der Waals surface area (Å²) in [4.78, 5) is 0. The first-order valence-electron chi connectivity index (χ1n) is 2.82. The van der Waals surface area contributed by atoms with Crippen LogP contribution >= 0.6 is 0 Å². The predicted molar refractivity (Wildman–Crippen MR) is 30.6 cm³/mol. The van der Waals surface area contributed by atoms with Crippen LogP contribution < -0.4 is 0 Å². The second kappa shape index (κ2) is 2.86. The van der Waals surface area contributed by atoms with Crippen LogP contribution in [0.3, 0.4) is 0 Å². The van der Waals surface area contributed by atoms with Crippen molar-refractivity contribution < 1.29 is 13.2 Å². The van der Waals surface area contributed by atoms with Gasteiger partial charge in [-0.3, -0.25) is 0 Å². The molecule has 0 aliphatic heterocycles. The molecule has 11 heavy (non-hydrogen) atoms. The Bertz CT molecular complexity index is 219. The lowest BCUT2D eigenvalue weighted by atomic mass is 10.2. The molecule has 0 atom stereocenters.